The van der Waals surface area contributed by atoms with Crippen molar-refractivity contribution < 1.29 is 22.0 Å². The first-order valence-corrected chi connectivity index (χ1v) is 9.75. The van der Waals surface area contributed by atoms with Crippen molar-refractivity contribution in [2.75, 3.05) is 18.6 Å². The van der Waals surface area contributed by atoms with Gasteiger partial charge in [-0.05, 0) is 31.5 Å². The number of carbonyl (C=O) groups excluding carboxylic acids is 1. The molecule has 3 rings (SSSR count). The number of halogens is 1. The van der Waals surface area contributed by atoms with Gasteiger partial charge in [-0.15, -0.1) is 0 Å². The van der Waals surface area contributed by atoms with Crippen LogP contribution in [0.15, 0.2) is 28.7 Å². The summed E-state index contributed by atoms with van der Waals surface area (Å²) in [4.78, 5) is 18.2. The lowest BCUT2D eigenvalue weighted by Gasteiger charge is -2.23. The summed E-state index contributed by atoms with van der Waals surface area (Å²) in [6.45, 7) is 1.69. The molecule has 1 amide bonds. The first-order chi connectivity index (χ1) is 11.7. The monoisotopic (exact) mass is 366 g/mol. The second kappa shape index (κ2) is 6.59. The predicted octanol–water partition coefficient (Wildman–Crippen LogP) is 1.98. The van der Waals surface area contributed by atoms with Gasteiger partial charge in [-0.1, -0.05) is 6.07 Å². The zero-order valence-corrected chi connectivity index (χ0v) is 14.8. The third kappa shape index (κ3) is 3.89. The summed E-state index contributed by atoms with van der Waals surface area (Å²) in [5.41, 5.74) is 0.967. The third-order valence-corrected chi connectivity index (χ3v) is 6.18. The Labute approximate surface area is 145 Å². The molecule has 6 nitrogen and oxygen atoms in total. The molecule has 2 aromatic rings. The number of aromatic nitrogens is 1. The van der Waals surface area contributed by atoms with E-state index in [0.717, 1.165) is 0 Å². The molecule has 1 aliphatic heterocycles. The van der Waals surface area contributed by atoms with Crippen LogP contribution in [-0.4, -0.2) is 48.8 Å². The number of oxazole rings is 1. The molecule has 134 valence electrons. The highest BCUT2D eigenvalue weighted by Gasteiger charge is 2.33. The highest BCUT2D eigenvalue weighted by Crippen LogP contribution is 2.23. The largest absolute Gasteiger partial charge is 0.441 e. The lowest BCUT2D eigenvalue weighted by molar-refractivity contribution is -0.130. The summed E-state index contributed by atoms with van der Waals surface area (Å²) in [6, 6.07) is 5.58. The second-order valence-corrected chi connectivity index (χ2v) is 8.50. The van der Waals surface area contributed by atoms with Gasteiger partial charge in [0.05, 0.1) is 23.6 Å². The fourth-order valence-corrected chi connectivity index (χ4v) is 4.66. The lowest BCUT2D eigenvalue weighted by atomic mass is 10.2. The Bertz CT molecular complexity index is 907. The maximum atomic E-state index is 13.3. The number of nitrogens with zero attached hydrogens (tertiary/aromatic N) is 2. The average Bonchev–Trinajstić information content (AvgIpc) is 3.09. The third-order valence-electron chi connectivity index (χ3n) is 4.43. The van der Waals surface area contributed by atoms with Crippen molar-refractivity contribution in [3.05, 3.63) is 41.5 Å². The summed E-state index contributed by atoms with van der Waals surface area (Å²) in [7, 11) is -1.45. The fraction of sp³-hybridized carbons (Fsp3) is 0.412. The number of carbonyl (C=O) groups is 1. The van der Waals surface area contributed by atoms with Crippen LogP contribution in [0.1, 0.15) is 17.9 Å². The number of rotatable bonds is 4. The van der Waals surface area contributed by atoms with Crippen molar-refractivity contribution in [1.29, 1.82) is 0 Å². The first-order valence-electron chi connectivity index (χ1n) is 7.93. The van der Waals surface area contributed by atoms with Gasteiger partial charge in [0.25, 0.3) is 0 Å². The number of likely N-dealkylation sites (N-methyl/N-ethyl adjacent to an activating group) is 1. The van der Waals surface area contributed by atoms with Crippen molar-refractivity contribution >= 4 is 15.7 Å². The van der Waals surface area contributed by atoms with E-state index < -0.39 is 15.7 Å². The molecule has 2 heterocycles. The molecule has 25 heavy (non-hydrogen) atoms. The Morgan fingerprint density at radius 1 is 1.44 bits per heavy atom. The van der Waals surface area contributed by atoms with E-state index >= 15 is 0 Å². The summed E-state index contributed by atoms with van der Waals surface area (Å²) in [6.07, 6.45) is 0.467. The van der Waals surface area contributed by atoms with Gasteiger partial charge in [0.1, 0.15) is 11.6 Å². The van der Waals surface area contributed by atoms with E-state index in [1.54, 1.807) is 26.1 Å². The molecule has 8 heteroatoms. The Morgan fingerprint density at radius 3 is 2.84 bits per heavy atom. The molecule has 1 unspecified atom stereocenters. The molecule has 1 saturated heterocycles. The van der Waals surface area contributed by atoms with E-state index in [2.05, 4.69) is 4.98 Å². The van der Waals surface area contributed by atoms with Gasteiger partial charge in [0.2, 0.25) is 11.8 Å². The van der Waals surface area contributed by atoms with Crippen molar-refractivity contribution in [2.24, 2.45) is 0 Å². The Kier molecular flexibility index (Phi) is 4.64. The normalized spacial score (nSPS) is 19.1. The van der Waals surface area contributed by atoms with E-state index in [0.29, 0.717) is 23.4 Å². The van der Waals surface area contributed by atoms with Gasteiger partial charge in [-0.2, -0.15) is 0 Å². The van der Waals surface area contributed by atoms with E-state index in [1.165, 1.54) is 17.0 Å². The van der Waals surface area contributed by atoms with Crippen LogP contribution < -0.4 is 0 Å². The topological polar surface area (TPSA) is 80.5 Å². The zero-order chi connectivity index (χ0) is 18.2. The standard InChI is InChI=1S/C17H19FN2O4S/c1-11-15(19-17(24-11)12-4-3-5-13(18)8-12)9-16(21)20(2)14-6-7-25(22,23)10-14/h3-5,8,14H,6-7,9-10H2,1-2H3. The minimum atomic E-state index is -3.05. The van der Waals surface area contributed by atoms with Crippen LogP contribution in [0, 0.1) is 12.7 Å². The summed E-state index contributed by atoms with van der Waals surface area (Å²) < 4.78 is 42.0. The van der Waals surface area contributed by atoms with Gasteiger partial charge >= 0.3 is 0 Å². The first kappa shape index (κ1) is 17.6. The Balaban J connectivity index is 1.74. The number of hydrogen-bond donors (Lipinski definition) is 0. The van der Waals surface area contributed by atoms with E-state index in [-0.39, 0.29) is 35.8 Å². The number of hydrogen-bond acceptors (Lipinski definition) is 5. The van der Waals surface area contributed by atoms with Gasteiger partial charge in [-0.3, -0.25) is 4.79 Å². The number of benzene rings is 1. The van der Waals surface area contributed by atoms with E-state index in [4.69, 9.17) is 4.42 Å². The molecule has 1 aromatic heterocycles. The zero-order valence-electron chi connectivity index (χ0n) is 14.0. The molecule has 0 N–H and O–H groups in total. The second-order valence-electron chi connectivity index (χ2n) is 6.27. The van der Waals surface area contributed by atoms with Crippen LogP contribution in [0.25, 0.3) is 11.5 Å². The summed E-state index contributed by atoms with van der Waals surface area (Å²) in [5.74, 6) is 0.243. The molecule has 0 radical (unpaired) electrons. The Morgan fingerprint density at radius 2 is 2.20 bits per heavy atom. The maximum absolute atomic E-state index is 13.3. The molecule has 0 bridgehead atoms. The predicted molar refractivity (Wildman–Crippen MR) is 90.2 cm³/mol. The van der Waals surface area contributed by atoms with Crippen LogP contribution in [0.5, 0.6) is 0 Å². The number of amides is 1. The number of aryl methyl sites for hydroxylation is 1. The molecule has 1 fully saturated rings. The van der Waals surface area contributed by atoms with Crippen LogP contribution in [0.2, 0.25) is 0 Å². The molecule has 0 saturated carbocycles. The summed E-state index contributed by atoms with van der Waals surface area (Å²) in [5, 5.41) is 0. The van der Waals surface area contributed by atoms with Gasteiger partial charge < -0.3 is 9.32 Å². The SMILES string of the molecule is Cc1oc(-c2cccc(F)c2)nc1CC(=O)N(C)C1CCS(=O)(=O)C1. The number of sulfone groups is 1. The fourth-order valence-electron chi connectivity index (χ4n) is 2.89. The molecular weight excluding hydrogens is 347 g/mol. The van der Waals surface area contributed by atoms with Gasteiger partial charge in [0.15, 0.2) is 9.84 Å². The highest BCUT2D eigenvalue weighted by molar-refractivity contribution is 7.91. The van der Waals surface area contributed by atoms with Crippen molar-refractivity contribution in [1.82, 2.24) is 9.88 Å². The molecule has 1 atom stereocenters. The van der Waals surface area contributed by atoms with Crippen molar-refractivity contribution in [3.8, 4) is 11.5 Å². The maximum Gasteiger partial charge on any atom is 0.228 e. The summed E-state index contributed by atoms with van der Waals surface area (Å²) >= 11 is 0. The molecule has 0 aliphatic carbocycles. The van der Waals surface area contributed by atoms with Crippen LogP contribution in [-0.2, 0) is 21.1 Å². The molecule has 1 aliphatic rings. The minimum absolute atomic E-state index is 0.00157. The van der Waals surface area contributed by atoms with Crippen LogP contribution in [0.4, 0.5) is 4.39 Å². The smallest absolute Gasteiger partial charge is 0.228 e. The van der Waals surface area contributed by atoms with Crippen LogP contribution in [0.3, 0.4) is 0 Å². The highest BCUT2D eigenvalue weighted by atomic mass is 32.2. The van der Waals surface area contributed by atoms with Crippen LogP contribution >= 0.6 is 0 Å². The quantitative estimate of drug-likeness (QED) is 0.826. The van der Waals surface area contributed by atoms with E-state index in [1.807, 2.05) is 0 Å². The average molecular weight is 366 g/mol. The lowest BCUT2D eigenvalue weighted by Crippen LogP contribution is -2.38. The minimum Gasteiger partial charge on any atom is -0.441 e. The van der Waals surface area contributed by atoms with Crippen molar-refractivity contribution in [2.45, 2.75) is 25.8 Å². The Hall–Kier alpha value is -2.22. The van der Waals surface area contributed by atoms with E-state index in [9.17, 15) is 17.6 Å². The van der Waals surface area contributed by atoms with Crippen molar-refractivity contribution in [3.63, 3.8) is 0 Å². The molecule has 1 aromatic carbocycles. The van der Waals surface area contributed by atoms with Gasteiger partial charge in [0, 0.05) is 18.7 Å². The molecule has 0 spiro atoms. The van der Waals surface area contributed by atoms with Gasteiger partial charge in [-0.25, -0.2) is 17.8 Å². The molecular formula is C17H19FN2O4S.